The standard InChI is InChI=1S/C27H32N4O6S2.2C6H15N/c1-4-6-17-29-24(32)23(25(33)30(27(29)38)18-7-5-2)12-10-8-9-11-22-19(3)28-31(26(22)34)20-13-15-21(16-14-20)39(35,36)37;2*1-4-7(5-2)6-3/h8-16,23H,4-7,17-18H2,1-3H3,(H,35,36,37);2*4-6H2,1-3H3. The predicted molar refractivity (Wildman–Crippen MR) is 219 cm³/mol. The van der Waals surface area contributed by atoms with Gasteiger partial charge in [0.05, 0.1) is 21.9 Å². The summed E-state index contributed by atoms with van der Waals surface area (Å²) in [5.41, 5.74) is 1.12. The molecule has 0 aromatic heterocycles. The number of carbonyl (C=O) groups excluding carboxylic acids is 3. The highest BCUT2D eigenvalue weighted by Crippen LogP contribution is 2.25. The number of rotatable bonds is 17. The molecule has 3 rings (SSSR count). The van der Waals surface area contributed by atoms with Crippen molar-refractivity contribution in [1.82, 2.24) is 19.6 Å². The molecule has 14 heteroatoms. The van der Waals surface area contributed by atoms with E-state index in [-0.39, 0.29) is 21.8 Å². The normalized spacial score (nSPS) is 16.3. The molecule has 12 nitrogen and oxygen atoms in total. The number of hydrogen-bond acceptors (Lipinski definition) is 9. The van der Waals surface area contributed by atoms with Crippen LogP contribution in [0.3, 0.4) is 0 Å². The van der Waals surface area contributed by atoms with Crippen molar-refractivity contribution in [1.29, 1.82) is 0 Å². The molecule has 0 bridgehead atoms. The topological polar surface area (TPSA) is 134 Å². The molecule has 0 unspecified atom stereocenters. The third kappa shape index (κ3) is 14.7. The minimum absolute atomic E-state index is 0.267. The van der Waals surface area contributed by atoms with Crippen LogP contribution in [-0.2, 0) is 24.5 Å². The van der Waals surface area contributed by atoms with Crippen molar-refractivity contribution in [2.24, 2.45) is 11.0 Å². The fraction of sp³-hybridized carbons (Fsp3) is 0.564. The molecule has 3 amide bonds. The third-order valence-corrected chi connectivity index (χ3v) is 10.2. The van der Waals surface area contributed by atoms with Crippen molar-refractivity contribution < 1.29 is 27.4 Å². The van der Waals surface area contributed by atoms with E-state index < -0.39 is 21.9 Å². The van der Waals surface area contributed by atoms with Crippen LogP contribution in [0.5, 0.6) is 0 Å². The molecular formula is C39H62N6O6S2. The van der Waals surface area contributed by atoms with Gasteiger partial charge in [-0.15, -0.1) is 0 Å². The average molecular weight is 775 g/mol. The van der Waals surface area contributed by atoms with Gasteiger partial charge in [-0.3, -0.25) is 28.7 Å². The molecule has 2 aliphatic rings. The molecule has 53 heavy (non-hydrogen) atoms. The Hall–Kier alpha value is -3.56. The zero-order valence-electron chi connectivity index (χ0n) is 33.2. The van der Waals surface area contributed by atoms with E-state index in [1.54, 1.807) is 37.3 Å². The van der Waals surface area contributed by atoms with Gasteiger partial charge in [0.25, 0.3) is 16.0 Å². The number of amides is 3. The van der Waals surface area contributed by atoms with E-state index in [1.165, 1.54) is 73.3 Å². The first kappa shape index (κ1) is 47.5. The van der Waals surface area contributed by atoms with Crippen molar-refractivity contribution in [3.05, 3.63) is 60.2 Å². The Kier molecular flexibility index (Phi) is 22.1. The highest BCUT2D eigenvalue weighted by atomic mass is 32.2. The molecule has 1 fully saturated rings. The molecule has 0 atom stereocenters. The number of anilines is 1. The maximum absolute atomic E-state index is 13.1. The lowest BCUT2D eigenvalue weighted by Gasteiger charge is -2.38. The van der Waals surface area contributed by atoms with Crippen LogP contribution in [0.4, 0.5) is 5.69 Å². The minimum Gasteiger partial charge on any atom is -0.304 e. The molecule has 0 radical (unpaired) electrons. The Morgan fingerprint density at radius 2 is 1.21 bits per heavy atom. The molecule has 0 saturated carbocycles. The van der Waals surface area contributed by atoms with Crippen LogP contribution in [-0.4, -0.2) is 113 Å². The average Bonchev–Trinajstić information content (AvgIpc) is 3.43. The lowest BCUT2D eigenvalue weighted by Crippen LogP contribution is -2.59. The van der Waals surface area contributed by atoms with Crippen molar-refractivity contribution in [3.8, 4) is 0 Å². The third-order valence-electron chi connectivity index (χ3n) is 8.91. The van der Waals surface area contributed by atoms with E-state index >= 15 is 0 Å². The van der Waals surface area contributed by atoms with E-state index in [1.807, 2.05) is 13.8 Å². The second-order valence-electron chi connectivity index (χ2n) is 12.3. The molecule has 2 aliphatic heterocycles. The number of carbonyl (C=O) groups is 3. The fourth-order valence-electron chi connectivity index (χ4n) is 5.36. The summed E-state index contributed by atoms with van der Waals surface area (Å²) in [4.78, 5) is 46.5. The summed E-state index contributed by atoms with van der Waals surface area (Å²) in [5, 5.41) is 5.64. The van der Waals surface area contributed by atoms with E-state index in [4.69, 9.17) is 16.8 Å². The molecule has 2 heterocycles. The number of nitrogens with zero attached hydrogens (tertiary/aromatic N) is 6. The van der Waals surface area contributed by atoms with Crippen molar-refractivity contribution in [3.63, 3.8) is 0 Å². The molecule has 0 aliphatic carbocycles. The molecule has 296 valence electrons. The molecule has 1 aromatic rings. The molecular weight excluding hydrogens is 713 g/mol. The first-order valence-electron chi connectivity index (χ1n) is 18.8. The number of unbranched alkanes of at least 4 members (excludes halogenated alkanes) is 2. The van der Waals surface area contributed by atoms with E-state index in [2.05, 4.69) is 56.4 Å². The highest BCUT2D eigenvalue weighted by molar-refractivity contribution is 7.85. The maximum Gasteiger partial charge on any atom is 0.294 e. The lowest BCUT2D eigenvalue weighted by molar-refractivity contribution is -0.144. The number of thiocarbonyl (C=S) groups is 1. The summed E-state index contributed by atoms with van der Waals surface area (Å²) in [7, 11) is -4.35. The van der Waals surface area contributed by atoms with Gasteiger partial charge < -0.3 is 9.80 Å². The van der Waals surface area contributed by atoms with Gasteiger partial charge in [-0.25, -0.2) is 0 Å². The van der Waals surface area contributed by atoms with Crippen LogP contribution < -0.4 is 5.01 Å². The van der Waals surface area contributed by atoms with Crippen molar-refractivity contribution in [2.45, 2.75) is 92.9 Å². The summed E-state index contributed by atoms with van der Waals surface area (Å²) in [6.07, 6.45) is 11.3. The molecule has 1 saturated heterocycles. The van der Waals surface area contributed by atoms with Crippen LogP contribution in [0.1, 0.15) is 88.0 Å². The van der Waals surface area contributed by atoms with Crippen LogP contribution in [0.15, 0.2) is 70.2 Å². The zero-order valence-corrected chi connectivity index (χ0v) is 34.9. The van der Waals surface area contributed by atoms with Gasteiger partial charge in [0.1, 0.15) is 5.92 Å². The van der Waals surface area contributed by atoms with Crippen LogP contribution in [0.25, 0.3) is 0 Å². The SMILES string of the molecule is CCCCN1C(=O)C(C=CC=CC=C2C(=O)N(c3ccc(S(=O)(=O)O)cc3)N=C2C)C(=O)N(CCCC)C1=S.CCN(CC)CC.CCN(CC)CC. The summed E-state index contributed by atoms with van der Waals surface area (Å²) < 4.78 is 31.6. The van der Waals surface area contributed by atoms with Gasteiger partial charge in [-0.1, -0.05) is 92.5 Å². The Labute approximate surface area is 324 Å². The summed E-state index contributed by atoms with van der Waals surface area (Å²) in [6, 6.07) is 5.11. The first-order valence-corrected chi connectivity index (χ1v) is 20.7. The molecule has 1 N–H and O–H groups in total. The predicted octanol–water partition coefficient (Wildman–Crippen LogP) is 6.56. The van der Waals surface area contributed by atoms with Crippen LogP contribution in [0.2, 0.25) is 0 Å². The number of hydrazone groups is 1. The van der Waals surface area contributed by atoms with E-state index in [9.17, 15) is 22.8 Å². The largest absolute Gasteiger partial charge is 0.304 e. The fourth-order valence-corrected chi connectivity index (χ4v) is 6.20. The minimum atomic E-state index is -4.35. The Morgan fingerprint density at radius 3 is 1.58 bits per heavy atom. The Balaban J connectivity index is 0.000000845. The molecule has 0 spiro atoms. The quantitative estimate of drug-likeness (QED) is 0.0614. The van der Waals surface area contributed by atoms with Crippen LogP contribution in [0, 0.1) is 5.92 Å². The second kappa shape index (κ2) is 24.7. The van der Waals surface area contributed by atoms with E-state index in [0.717, 1.165) is 30.7 Å². The van der Waals surface area contributed by atoms with Gasteiger partial charge in [0.2, 0.25) is 11.8 Å². The van der Waals surface area contributed by atoms with E-state index in [0.29, 0.717) is 30.1 Å². The van der Waals surface area contributed by atoms with Gasteiger partial charge in [-0.05, 0) is 102 Å². The number of hydrogen-bond donors (Lipinski definition) is 1. The van der Waals surface area contributed by atoms with Crippen molar-refractivity contribution in [2.75, 3.05) is 57.4 Å². The van der Waals surface area contributed by atoms with Crippen LogP contribution >= 0.6 is 12.2 Å². The van der Waals surface area contributed by atoms with Gasteiger partial charge in [-0.2, -0.15) is 18.5 Å². The van der Waals surface area contributed by atoms with Gasteiger partial charge in [0.15, 0.2) is 5.11 Å². The first-order chi connectivity index (χ1) is 25.2. The Bertz CT molecular complexity index is 1510. The molecule has 1 aromatic carbocycles. The highest BCUT2D eigenvalue weighted by Gasteiger charge is 2.41. The second-order valence-corrected chi connectivity index (χ2v) is 14.1. The van der Waals surface area contributed by atoms with Crippen molar-refractivity contribution >= 4 is 56.6 Å². The zero-order chi connectivity index (χ0) is 40.1. The summed E-state index contributed by atoms with van der Waals surface area (Å²) in [6.45, 7) is 26.9. The van der Waals surface area contributed by atoms with Gasteiger partial charge in [0, 0.05) is 13.1 Å². The number of benzene rings is 1. The van der Waals surface area contributed by atoms with Gasteiger partial charge >= 0.3 is 0 Å². The maximum atomic E-state index is 13.1. The smallest absolute Gasteiger partial charge is 0.294 e. The number of allylic oxidation sites excluding steroid dienone is 4. The summed E-state index contributed by atoms with van der Waals surface area (Å²) in [5.74, 6) is -2.05. The summed E-state index contributed by atoms with van der Waals surface area (Å²) >= 11 is 5.47. The monoisotopic (exact) mass is 774 g/mol. The lowest BCUT2D eigenvalue weighted by atomic mass is 10.0. The Morgan fingerprint density at radius 1 is 0.755 bits per heavy atom.